The minimum absolute atomic E-state index is 0.0184. The maximum absolute atomic E-state index is 13.0. The fraction of sp³-hybridized carbons (Fsp3) is 0.136. The molecular weight excluding hydrogens is 443 g/mol. The highest BCUT2D eigenvalue weighted by Crippen LogP contribution is 2.44. The number of anilines is 1. The van der Waals surface area contributed by atoms with Crippen molar-refractivity contribution in [3.8, 4) is 0 Å². The Morgan fingerprint density at radius 1 is 1.07 bits per heavy atom. The van der Waals surface area contributed by atoms with Crippen LogP contribution in [0.2, 0.25) is 10.0 Å². The zero-order valence-electron chi connectivity index (χ0n) is 16.0. The molecule has 1 aromatic heterocycles. The molecule has 1 fully saturated rings. The molecule has 5 nitrogen and oxygen atoms in total. The Hall–Kier alpha value is -2.67. The van der Waals surface area contributed by atoms with E-state index in [0.717, 1.165) is 10.6 Å². The summed E-state index contributed by atoms with van der Waals surface area (Å²) in [5, 5.41) is 12.0. The van der Waals surface area contributed by atoms with Crippen molar-refractivity contribution in [2.45, 2.75) is 19.9 Å². The van der Waals surface area contributed by atoms with Crippen LogP contribution in [0.3, 0.4) is 0 Å². The van der Waals surface area contributed by atoms with E-state index in [9.17, 15) is 14.7 Å². The second kappa shape index (κ2) is 7.87. The first-order valence-corrected chi connectivity index (χ1v) is 10.6. The van der Waals surface area contributed by atoms with Crippen LogP contribution in [0, 0.1) is 13.8 Å². The summed E-state index contributed by atoms with van der Waals surface area (Å²) in [5.74, 6) is -1.78. The molecule has 1 aliphatic rings. The zero-order valence-corrected chi connectivity index (χ0v) is 18.3. The van der Waals surface area contributed by atoms with Crippen molar-refractivity contribution in [1.82, 2.24) is 4.98 Å². The van der Waals surface area contributed by atoms with Crippen LogP contribution in [-0.2, 0) is 9.59 Å². The molecule has 1 saturated heterocycles. The van der Waals surface area contributed by atoms with Crippen molar-refractivity contribution in [1.29, 1.82) is 0 Å². The van der Waals surface area contributed by atoms with Gasteiger partial charge < -0.3 is 5.11 Å². The van der Waals surface area contributed by atoms with Gasteiger partial charge in [0, 0.05) is 10.4 Å². The summed E-state index contributed by atoms with van der Waals surface area (Å²) in [7, 11) is 0. The first kappa shape index (κ1) is 20.6. The number of thiazole rings is 1. The summed E-state index contributed by atoms with van der Waals surface area (Å²) in [5.41, 5.74) is 1.74. The summed E-state index contributed by atoms with van der Waals surface area (Å²) >= 11 is 13.6. The summed E-state index contributed by atoms with van der Waals surface area (Å²) in [4.78, 5) is 32.8. The highest BCUT2D eigenvalue weighted by molar-refractivity contribution is 7.16. The molecule has 4 rings (SSSR count). The lowest BCUT2D eigenvalue weighted by molar-refractivity contribution is -0.132. The van der Waals surface area contributed by atoms with Gasteiger partial charge in [-0.2, -0.15) is 0 Å². The van der Waals surface area contributed by atoms with E-state index >= 15 is 0 Å². The topological polar surface area (TPSA) is 70.5 Å². The summed E-state index contributed by atoms with van der Waals surface area (Å²) in [6.45, 7) is 3.73. The van der Waals surface area contributed by atoms with Crippen LogP contribution in [0.4, 0.5) is 5.13 Å². The number of nitrogens with zero attached hydrogens (tertiary/aromatic N) is 2. The Morgan fingerprint density at radius 2 is 1.77 bits per heavy atom. The quantitative estimate of drug-likeness (QED) is 0.310. The lowest BCUT2D eigenvalue weighted by Crippen LogP contribution is -2.29. The average Bonchev–Trinajstić information content (AvgIpc) is 3.20. The Kier molecular flexibility index (Phi) is 5.40. The number of aliphatic hydroxyl groups excluding tert-OH is 1. The average molecular weight is 459 g/mol. The maximum atomic E-state index is 13.0. The molecule has 0 radical (unpaired) electrons. The van der Waals surface area contributed by atoms with E-state index in [2.05, 4.69) is 4.98 Å². The molecule has 152 valence electrons. The Morgan fingerprint density at radius 3 is 2.37 bits per heavy atom. The normalized spacial score (nSPS) is 18.3. The number of amides is 1. The number of aryl methyl sites for hydroxylation is 2. The number of hydrogen-bond donors (Lipinski definition) is 1. The van der Waals surface area contributed by atoms with E-state index < -0.39 is 17.7 Å². The van der Waals surface area contributed by atoms with E-state index in [4.69, 9.17) is 23.2 Å². The van der Waals surface area contributed by atoms with Crippen LogP contribution >= 0.6 is 34.5 Å². The van der Waals surface area contributed by atoms with E-state index in [-0.39, 0.29) is 16.4 Å². The summed E-state index contributed by atoms with van der Waals surface area (Å²) < 4.78 is 0. The highest BCUT2D eigenvalue weighted by Gasteiger charge is 2.48. The molecule has 0 aliphatic carbocycles. The van der Waals surface area contributed by atoms with Gasteiger partial charge in [0.15, 0.2) is 5.13 Å². The van der Waals surface area contributed by atoms with Gasteiger partial charge in [0.1, 0.15) is 5.76 Å². The molecule has 1 amide bonds. The molecule has 2 heterocycles. The third kappa shape index (κ3) is 3.41. The minimum atomic E-state index is -0.884. The molecular formula is C22H16Cl2N2O3S. The van der Waals surface area contributed by atoms with Gasteiger partial charge in [0.05, 0.1) is 27.4 Å². The number of rotatable bonds is 3. The van der Waals surface area contributed by atoms with Crippen molar-refractivity contribution < 1.29 is 14.7 Å². The van der Waals surface area contributed by atoms with Crippen LogP contribution in [0.15, 0.2) is 54.1 Å². The van der Waals surface area contributed by atoms with Gasteiger partial charge in [-0.1, -0.05) is 59.6 Å². The second-order valence-corrected chi connectivity index (χ2v) is 8.84. The van der Waals surface area contributed by atoms with E-state index in [1.165, 1.54) is 16.2 Å². The number of Topliss-reactive ketones (excluding diaryl/α,β-unsaturated/α-hetero) is 1. The molecule has 1 atom stereocenters. The number of aromatic nitrogens is 1. The third-order valence-electron chi connectivity index (χ3n) is 4.97. The largest absolute Gasteiger partial charge is 0.507 e. The molecule has 0 spiro atoms. The number of benzene rings is 2. The van der Waals surface area contributed by atoms with Gasteiger partial charge >= 0.3 is 5.91 Å². The van der Waals surface area contributed by atoms with Crippen molar-refractivity contribution in [3.05, 3.63) is 85.8 Å². The van der Waals surface area contributed by atoms with Crippen LogP contribution < -0.4 is 4.90 Å². The fourth-order valence-electron chi connectivity index (χ4n) is 3.34. The molecule has 3 aromatic rings. The van der Waals surface area contributed by atoms with Crippen LogP contribution in [0.25, 0.3) is 5.76 Å². The monoisotopic (exact) mass is 458 g/mol. The van der Waals surface area contributed by atoms with Crippen LogP contribution in [0.5, 0.6) is 0 Å². The highest BCUT2D eigenvalue weighted by atomic mass is 35.5. The third-order valence-corrected chi connectivity index (χ3v) is 6.79. The van der Waals surface area contributed by atoms with Crippen LogP contribution in [-0.4, -0.2) is 21.8 Å². The molecule has 0 saturated carbocycles. The summed E-state index contributed by atoms with van der Waals surface area (Å²) in [6, 6.07) is 12.6. The SMILES string of the molecule is Cc1nc(N2C(=O)C(=O)/C(=C(/O)c3ccccc3)C2c2ccc(Cl)c(Cl)c2)sc1C. The molecule has 0 bridgehead atoms. The minimum Gasteiger partial charge on any atom is -0.507 e. The summed E-state index contributed by atoms with van der Waals surface area (Å²) in [6.07, 6.45) is 0. The molecule has 1 aliphatic heterocycles. The van der Waals surface area contributed by atoms with Crippen molar-refractivity contribution in [2.75, 3.05) is 4.90 Å². The standard InChI is InChI=1S/C22H16Cl2N2O3S/c1-11-12(2)30-22(25-11)26-18(14-8-9-15(23)16(24)10-14)17(20(28)21(26)29)19(27)13-6-4-3-5-7-13/h3-10,18,27H,1-2H3/b19-17+. The number of halogens is 2. The zero-order chi connectivity index (χ0) is 21.6. The number of hydrogen-bond acceptors (Lipinski definition) is 5. The van der Waals surface area contributed by atoms with Crippen LogP contribution in [0.1, 0.15) is 27.7 Å². The number of aliphatic hydroxyl groups is 1. The van der Waals surface area contributed by atoms with Crippen molar-refractivity contribution in [2.24, 2.45) is 0 Å². The van der Waals surface area contributed by atoms with Gasteiger partial charge in [0.2, 0.25) is 0 Å². The van der Waals surface area contributed by atoms with Crippen molar-refractivity contribution >= 4 is 57.1 Å². The van der Waals surface area contributed by atoms with Gasteiger partial charge in [-0.3, -0.25) is 14.5 Å². The Balaban J connectivity index is 1.97. The van der Waals surface area contributed by atoms with E-state index in [1.807, 2.05) is 13.8 Å². The first-order valence-electron chi connectivity index (χ1n) is 9.05. The first-order chi connectivity index (χ1) is 14.3. The predicted octanol–water partition coefficient (Wildman–Crippen LogP) is 5.69. The second-order valence-electron chi connectivity index (χ2n) is 6.85. The Bertz CT molecular complexity index is 1180. The smallest absolute Gasteiger partial charge is 0.301 e. The number of ketones is 1. The number of carbonyl (C=O) groups is 2. The maximum Gasteiger partial charge on any atom is 0.301 e. The van der Waals surface area contributed by atoms with Gasteiger partial charge in [0.25, 0.3) is 5.78 Å². The van der Waals surface area contributed by atoms with Crippen molar-refractivity contribution in [3.63, 3.8) is 0 Å². The molecule has 8 heteroatoms. The lowest BCUT2D eigenvalue weighted by Gasteiger charge is -2.23. The van der Waals surface area contributed by atoms with Gasteiger partial charge in [-0.15, -0.1) is 11.3 Å². The van der Waals surface area contributed by atoms with E-state index in [1.54, 1.807) is 48.5 Å². The van der Waals surface area contributed by atoms with Gasteiger partial charge in [-0.05, 0) is 31.5 Å². The number of carbonyl (C=O) groups excluding carboxylic acids is 2. The molecule has 1 N–H and O–H groups in total. The van der Waals surface area contributed by atoms with E-state index in [0.29, 0.717) is 21.3 Å². The van der Waals surface area contributed by atoms with Gasteiger partial charge in [-0.25, -0.2) is 4.98 Å². The molecule has 30 heavy (non-hydrogen) atoms. The lowest BCUT2D eigenvalue weighted by atomic mass is 9.95. The fourth-order valence-corrected chi connectivity index (χ4v) is 4.58. The Labute approximate surface area is 187 Å². The predicted molar refractivity (Wildman–Crippen MR) is 119 cm³/mol. The molecule has 1 unspecified atom stereocenters. The molecule has 2 aromatic carbocycles.